The van der Waals surface area contributed by atoms with E-state index in [9.17, 15) is 24.0 Å². The number of hydrogen-bond donors (Lipinski definition) is 5. The summed E-state index contributed by atoms with van der Waals surface area (Å²) in [5.41, 5.74) is 0. The van der Waals surface area contributed by atoms with E-state index in [1.807, 2.05) is 0 Å². The molecule has 0 rings (SSSR count). The van der Waals surface area contributed by atoms with Crippen LogP contribution in [0.4, 0.5) is 0 Å². The standard InChI is InChI=1S/5C3H6O2.Nb/c5*1-2-3(4)5;/h5*2H2,1H3,(H,4,5);. The SMILES string of the molecule is CCC(=O)O.CCC(=O)O.CCC(=O)O.CCC(=O)O.CCC(=O)O.[Nb]. The summed E-state index contributed by atoms with van der Waals surface area (Å²) in [4.78, 5) is 46.8. The fraction of sp³-hybridized carbons (Fsp3) is 0.667. The number of hydrogen-bond acceptors (Lipinski definition) is 5. The summed E-state index contributed by atoms with van der Waals surface area (Å²) in [6, 6.07) is 0. The number of carboxylic acid groups (broad SMARTS) is 5. The second kappa shape index (κ2) is 34.4. The monoisotopic (exact) mass is 463 g/mol. The summed E-state index contributed by atoms with van der Waals surface area (Å²) in [7, 11) is 0. The van der Waals surface area contributed by atoms with Crippen LogP contribution in [0, 0.1) is 0 Å². The Bertz CT molecular complexity index is 288. The van der Waals surface area contributed by atoms with Crippen molar-refractivity contribution in [2.24, 2.45) is 0 Å². The molecule has 0 aromatic rings. The first-order chi connectivity index (χ1) is 11.4. The van der Waals surface area contributed by atoms with Gasteiger partial charge in [0, 0.05) is 54.5 Å². The zero-order chi connectivity index (χ0) is 21.4. The van der Waals surface area contributed by atoms with Gasteiger partial charge < -0.3 is 25.5 Å². The molecule has 1 radical (unpaired) electrons. The van der Waals surface area contributed by atoms with Crippen molar-refractivity contribution in [1.82, 2.24) is 0 Å². The van der Waals surface area contributed by atoms with E-state index in [1.54, 1.807) is 34.6 Å². The zero-order valence-corrected chi connectivity index (χ0v) is 18.0. The van der Waals surface area contributed by atoms with Gasteiger partial charge in [-0.25, -0.2) is 0 Å². The fourth-order valence-corrected chi connectivity index (χ4v) is 0. The summed E-state index contributed by atoms with van der Waals surface area (Å²) in [6.45, 7) is 8.00. The Morgan fingerprint density at radius 3 is 0.462 bits per heavy atom. The summed E-state index contributed by atoms with van der Waals surface area (Å²) in [6.07, 6.45) is 1.11. The van der Waals surface area contributed by atoms with Gasteiger partial charge in [0.25, 0.3) is 0 Å². The minimum absolute atomic E-state index is 0. The van der Waals surface area contributed by atoms with E-state index in [1.165, 1.54) is 0 Å². The Balaban J connectivity index is -0.0000000476. The smallest absolute Gasteiger partial charge is 0.303 e. The third-order valence-electron chi connectivity index (χ3n) is 1.51. The van der Waals surface area contributed by atoms with Crippen LogP contribution in [0.5, 0.6) is 0 Å². The molecular weight excluding hydrogens is 433 g/mol. The number of carboxylic acids is 5. The molecule has 0 atom stereocenters. The summed E-state index contributed by atoms with van der Waals surface area (Å²) in [5, 5.41) is 38.6. The van der Waals surface area contributed by atoms with Crippen molar-refractivity contribution in [2.45, 2.75) is 66.7 Å². The minimum atomic E-state index is -0.745. The molecule has 0 unspecified atom stereocenters. The van der Waals surface area contributed by atoms with Crippen LogP contribution in [-0.4, -0.2) is 55.4 Å². The Kier molecular flexibility index (Phi) is 52.0. The van der Waals surface area contributed by atoms with Crippen LogP contribution in [0.3, 0.4) is 0 Å². The normalized spacial score (nSPS) is 7.12. The molecule has 0 saturated heterocycles. The summed E-state index contributed by atoms with van der Waals surface area (Å²) >= 11 is 0. The minimum Gasteiger partial charge on any atom is -0.481 e. The number of carbonyl (C=O) groups is 5. The maximum atomic E-state index is 9.37. The van der Waals surface area contributed by atoms with Crippen LogP contribution < -0.4 is 0 Å². The van der Waals surface area contributed by atoms with Gasteiger partial charge in [-0.1, -0.05) is 34.6 Å². The van der Waals surface area contributed by atoms with Crippen LogP contribution in [-0.2, 0) is 46.4 Å². The zero-order valence-electron chi connectivity index (χ0n) is 15.8. The molecule has 26 heavy (non-hydrogen) atoms. The first kappa shape index (κ1) is 39.2. The molecule has 0 aromatic carbocycles. The average Bonchev–Trinajstić information content (AvgIpc) is 2.56. The van der Waals surface area contributed by atoms with Gasteiger partial charge in [0.05, 0.1) is 0 Å². The van der Waals surface area contributed by atoms with Crippen molar-refractivity contribution in [3.05, 3.63) is 0 Å². The average molecular weight is 463 g/mol. The Morgan fingerprint density at radius 2 is 0.462 bits per heavy atom. The third kappa shape index (κ3) is 150. The first-order valence-electron chi connectivity index (χ1n) is 7.44. The predicted octanol–water partition coefficient (Wildman–Crippen LogP) is 2.40. The van der Waals surface area contributed by atoms with E-state index in [-0.39, 0.29) is 54.5 Å². The maximum absolute atomic E-state index is 9.37. The molecule has 0 aliphatic carbocycles. The quantitative estimate of drug-likeness (QED) is 0.379. The summed E-state index contributed by atoms with van der Waals surface area (Å²) in [5.74, 6) is -3.73. The molecule has 0 saturated carbocycles. The predicted molar refractivity (Wildman–Crippen MR) is 89.6 cm³/mol. The van der Waals surface area contributed by atoms with Crippen LogP contribution in [0.15, 0.2) is 0 Å². The number of aliphatic carboxylic acids is 5. The van der Waals surface area contributed by atoms with Gasteiger partial charge in [-0.2, -0.15) is 0 Å². The van der Waals surface area contributed by atoms with E-state index in [2.05, 4.69) is 0 Å². The van der Waals surface area contributed by atoms with E-state index in [0.717, 1.165) is 0 Å². The maximum Gasteiger partial charge on any atom is 0.303 e. The van der Waals surface area contributed by atoms with Crippen LogP contribution >= 0.6 is 0 Å². The molecule has 11 heteroatoms. The van der Waals surface area contributed by atoms with Gasteiger partial charge >= 0.3 is 29.8 Å². The van der Waals surface area contributed by atoms with Crippen LogP contribution in [0.1, 0.15) is 66.7 Å². The van der Waals surface area contributed by atoms with Gasteiger partial charge in [0.2, 0.25) is 0 Å². The Labute approximate surface area is 168 Å². The van der Waals surface area contributed by atoms with Gasteiger partial charge in [0.1, 0.15) is 0 Å². The van der Waals surface area contributed by atoms with Crippen molar-refractivity contribution in [3.8, 4) is 0 Å². The Hall–Kier alpha value is -1.91. The topological polar surface area (TPSA) is 186 Å². The third-order valence-corrected chi connectivity index (χ3v) is 1.51. The molecule has 0 aliphatic heterocycles. The van der Waals surface area contributed by atoms with Crippen molar-refractivity contribution in [1.29, 1.82) is 0 Å². The fourth-order valence-electron chi connectivity index (χ4n) is 0. The number of rotatable bonds is 5. The molecule has 0 amide bonds. The Morgan fingerprint density at radius 1 is 0.423 bits per heavy atom. The van der Waals surface area contributed by atoms with Crippen molar-refractivity contribution in [3.63, 3.8) is 0 Å². The van der Waals surface area contributed by atoms with Crippen molar-refractivity contribution >= 4 is 29.8 Å². The molecular formula is C15H30NbO10. The van der Waals surface area contributed by atoms with Crippen LogP contribution in [0.2, 0.25) is 0 Å². The first-order valence-corrected chi connectivity index (χ1v) is 7.44. The molecule has 0 spiro atoms. The van der Waals surface area contributed by atoms with E-state index in [4.69, 9.17) is 25.5 Å². The molecule has 5 N–H and O–H groups in total. The van der Waals surface area contributed by atoms with E-state index >= 15 is 0 Å². The van der Waals surface area contributed by atoms with Crippen molar-refractivity contribution < 1.29 is 71.9 Å². The molecule has 0 bridgehead atoms. The van der Waals surface area contributed by atoms with E-state index < -0.39 is 29.8 Å². The molecule has 0 aromatic heterocycles. The second-order valence-electron chi connectivity index (χ2n) is 3.74. The molecule has 0 heterocycles. The van der Waals surface area contributed by atoms with Gasteiger partial charge in [-0.3, -0.25) is 24.0 Å². The van der Waals surface area contributed by atoms with Gasteiger partial charge in [-0.15, -0.1) is 0 Å². The largest absolute Gasteiger partial charge is 0.481 e. The molecule has 10 nitrogen and oxygen atoms in total. The van der Waals surface area contributed by atoms with Gasteiger partial charge in [-0.05, 0) is 0 Å². The van der Waals surface area contributed by atoms with E-state index in [0.29, 0.717) is 0 Å². The summed E-state index contributed by atoms with van der Waals surface area (Å²) < 4.78 is 0. The van der Waals surface area contributed by atoms with Crippen molar-refractivity contribution in [2.75, 3.05) is 0 Å². The second-order valence-corrected chi connectivity index (χ2v) is 3.74. The molecule has 155 valence electrons. The molecule has 0 aliphatic rings. The van der Waals surface area contributed by atoms with Crippen LogP contribution in [0.25, 0.3) is 0 Å². The molecule has 0 fully saturated rings. The van der Waals surface area contributed by atoms with Gasteiger partial charge in [0.15, 0.2) is 0 Å².